The smallest absolute Gasteiger partial charge is 0.255 e. The van der Waals surface area contributed by atoms with Crippen LogP contribution in [0.15, 0.2) is 30.5 Å². The van der Waals surface area contributed by atoms with Gasteiger partial charge in [-0.2, -0.15) is 0 Å². The van der Waals surface area contributed by atoms with E-state index in [1.165, 1.54) is 0 Å². The Morgan fingerprint density at radius 1 is 1.04 bits per heavy atom. The van der Waals surface area contributed by atoms with Crippen molar-refractivity contribution in [1.82, 2.24) is 9.88 Å². The van der Waals surface area contributed by atoms with Gasteiger partial charge in [0.1, 0.15) is 5.82 Å². The quantitative estimate of drug-likeness (QED) is 0.779. The zero-order chi connectivity index (χ0) is 19.1. The summed E-state index contributed by atoms with van der Waals surface area (Å²) in [6.07, 6.45) is 1.57. The summed E-state index contributed by atoms with van der Waals surface area (Å²) < 4.78 is 16.0. The predicted molar refractivity (Wildman–Crippen MR) is 101 cm³/mol. The zero-order valence-electron chi connectivity index (χ0n) is 15.8. The number of hydrogen-bond donors (Lipinski definition) is 1. The van der Waals surface area contributed by atoms with E-state index >= 15 is 0 Å². The van der Waals surface area contributed by atoms with Crippen molar-refractivity contribution in [1.29, 1.82) is 0 Å². The van der Waals surface area contributed by atoms with Crippen molar-refractivity contribution in [2.24, 2.45) is 0 Å². The Balaban J connectivity index is 2.22. The molecule has 1 amide bonds. The molecule has 0 aliphatic heterocycles. The molecule has 7 heteroatoms. The molecule has 0 bridgehead atoms. The fourth-order valence-corrected chi connectivity index (χ4v) is 2.59. The molecule has 7 nitrogen and oxygen atoms in total. The van der Waals surface area contributed by atoms with E-state index in [0.717, 1.165) is 5.69 Å². The first kappa shape index (κ1) is 19.4. The molecular formula is C19H25N3O4. The van der Waals surface area contributed by atoms with Gasteiger partial charge in [0.05, 0.1) is 26.9 Å². The van der Waals surface area contributed by atoms with Crippen LogP contribution in [-0.4, -0.2) is 50.2 Å². The second-order valence-electron chi connectivity index (χ2n) is 5.45. The maximum atomic E-state index is 12.3. The molecule has 1 N–H and O–H groups in total. The minimum atomic E-state index is -0.0261. The highest BCUT2D eigenvalue weighted by molar-refractivity contribution is 5.94. The van der Waals surface area contributed by atoms with E-state index < -0.39 is 0 Å². The summed E-state index contributed by atoms with van der Waals surface area (Å²) in [4.78, 5) is 18.4. The lowest BCUT2D eigenvalue weighted by atomic mass is 10.2. The molecule has 0 saturated heterocycles. The van der Waals surface area contributed by atoms with Gasteiger partial charge >= 0.3 is 0 Å². The summed E-state index contributed by atoms with van der Waals surface area (Å²) in [5, 5.41) is 3.18. The van der Waals surface area contributed by atoms with Gasteiger partial charge in [-0.3, -0.25) is 4.79 Å². The maximum absolute atomic E-state index is 12.3. The van der Waals surface area contributed by atoms with Crippen molar-refractivity contribution >= 4 is 17.4 Å². The molecule has 1 heterocycles. The first-order chi connectivity index (χ1) is 12.6. The summed E-state index contributed by atoms with van der Waals surface area (Å²) in [5.41, 5.74) is 1.29. The third-order valence-electron chi connectivity index (χ3n) is 4.00. The number of amides is 1. The van der Waals surface area contributed by atoms with Crippen molar-refractivity contribution in [3.63, 3.8) is 0 Å². The van der Waals surface area contributed by atoms with Crippen molar-refractivity contribution in [2.45, 2.75) is 13.8 Å². The minimum absolute atomic E-state index is 0.0261. The standard InChI is InChI=1S/C19H25N3O4/c1-6-22(7-2)19(23)13-8-9-17(20-12-13)21-14-10-15(24-3)18(26-5)16(11-14)25-4/h8-12H,6-7H2,1-5H3,(H,20,21). The van der Waals surface area contributed by atoms with Gasteiger partial charge in [-0.15, -0.1) is 0 Å². The average molecular weight is 359 g/mol. The van der Waals surface area contributed by atoms with Gasteiger partial charge in [-0.05, 0) is 26.0 Å². The van der Waals surface area contributed by atoms with Crippen LogP contribution in [-0.2, 0) is 0 Å². The first-order valence-electron chi connectivity index (χ1n) is 8.40. The lowest BCUT2D eigenvalue weighted by Crippen LogP contribution is -2.30. The molecule has 2 aromatic rings. The Labute approximate surface area is 153 Å². The topological polar surface area (TPSA) is 72.9 Å². The molecule has 2 rings (SSSR count). The van der Waals surface area contributed by atoms with Crippen molar-refractivity contribution in [3.8, 4) is 17.2 Å². The third kappa shape index (κ3) is 4.17. The van der Waals surface area contributed by atoms with Crippen molar-refractivity contribution < 1.29 is 19.0 Å². The highest BCUT2D eigenvalue weighted by Crippen LogP contribution is 2.40. The summed E-state index contributed by atoms with van der Waals surface area (Å²) in [5.74, 6) is 2.19. The number of carbonyl (C=O) groups is 1. The number of hydrogen-bond acceptors (Lipinski definition) is 6. The number of methoxy groups -OCH3 is 3. The molecule has 0 radical (unpaired) electrons. The molecule has 0 spiro atoms. The normalized spacial score (nSPS) is 10.2. The molecule has 1 aromatic carbocycles. The Morgan fingerprint density at radius 2 is 1.65 bits per heavy atom. The summed E-state index contributed by atoms with van der Waals surface area (Å²) >= 11 is 0. The fourth-order valence-electron chi connectivity index (χ4n) is 2.59. The fraction of sp³-hybridized carbons (Fsp3) is 0.368. The molecule has 140 valence electrons. The van der Waals surface area contributed by atoms with Crippen LogP contribution in [0.3, 0.4) is 0 Å². The molecule has 0 aliphatic rings. The lowest BCUT2D eigenvalue weighted by molar-refractivity contribution is 0.0772. The van der Waals surface area contributed by atoms with Crippen LogP contribution in [0.5, 0.6) is 17.2 Å². The minimum Gasteiger partial charge on any atom is -0.493 e. The van der Waals surface area contributed by atoms with Crippen LogP contribution in [0.2, 0.25) is 0 Å². The van der Waals surface area contributed by atoms with Crippen LogP contribution in [0, 0.1) is 0 Å². The Kier molecular flexibility index (Phi) is 6.66. The van der Waals surface area contributed by atoms with Crippen LogP contribution in [0.1, 0.15) is 24.2 Å². The second-order valence-corrected chi connectivity index (χ2v) is 5.45. The Hall–Kier alpha value is -2.96. The number of pyridine rings is 1. The van der Waals surface area contributed by atoms with E-state index in [9.17, 15) is 4.79 Å². The van der Waals surface area contributed by atoms with E-state index in [2.05, 4.69) is 10.3 Å². The number of rotatable bonds is 8. The van der Waals surface area contributed by atoms with Crippen LogP contribution in [0.4, 0.5) is 11.5 Å². The van der Waals surface area contributed by atoms with Gasteiger partial charge in [-0.1, -0.05) is 0 Å². The first-order valence-corrected chi connectivity index (χ1v) is 8.40. The molecule has 0 unspecified atom stereocenters. The maximum Gasteiger partial charge on any atom is 0.255 e. The van der Waals surface area contributed by atoms with E-state index in [-0.39, 0.29) is 5.91 Å². The molecule has 0 fully saturated rings. The van der Waals surface area contributed by atoms with Crippen LogP contribution >= 0.6 is 0 Å². The molecule has 1 aromatic heterocycles. The van der Waals surface area contributed by atoms with Crippen molar-refractivity contribution in [3.05, 3.63) is 36.0 Å². The average Bonchev–Trinajstić information content (AvgIpc) is 2.68. The lowest BCUT2D eigenvalue weighted by Gasteiger charge is -2.18. The number of anilines is 2. The monoisotopic (exact) mass is 359 g/mol. The third-order valence-corrected chi connectivity index (χ3v) is 4.00. The predicted octanol–water partition coefficient (Wildman–Crippen LogP) is 3.33. The molecular weight excluding hydrogens is 334 g/mol. The van der Waals surface area contributed by atoms with E-state index in [1.54, 1.807) is 56.7 Å². The molecule has 0 atom stereocenters. The largest absolute Gasteiger partial charge is 0.493 e. The van der Waals surface area contributed by atoms with Gasteiger partial charge in [0.25, 0.3) is 5.91 Å². The number of aromatic nitrogens is 1. The second kappa shape index (κ2) is 8.94. The number of nitrogens with zero attached hydrogens (tertiary/aromatic N) is 2. The van der Waals surface area contributed by atoms with E-state index in [4.69, 9.17) is 14.2 Å². The van der Waals surface area contributed by atoms with E-state index in [1.807, 2.05) is 13.8 Å². The summed E-state index contributed by atoms with van der Waals surface area (Å²) in [7, 11) is 4.68. The molecule has 26 heavy (non-hydrogen) atoms. The van der Waals surface area contributed by atoms with Gasteiger partial charge in [-0.25, -0.2) is 4.98 Å². The number of benzene rings is 1. The molecule has 0 saturated carbocycles. The highest BCUT2D eigenvalue weighted by atomic mass is 16.5. The van der Waals surface area contributed by atoms with Gasteiger partial charge in [0, 0.05) is 37.1 Å². The summed E-state index contributed by atoms with van der Waals surface area (Å²) in [6, 6.07) is 7.10. The number of nitrogens with one attached hydrogen (secondary N) is 1. The van der Waals surface area contributed by atoms with Crippen LogP contribution < -0.4 is 19.5 Å². The molecule has 0 aliphatic carbocycles. The Morgan fingerprint density at radius 3 is 2.08 bits per heavy atom. The highest BCUT2D eigenvalue weighted by Gasteiger charge is 2.15. The van der Waals surface area contributed by atoms with Crippen molar-refractivity contribution in [2.75, 3.05) is 39.7 Å². The van der Waals surface area contributed by atoms with Gasteiger partial charge < -0.3 is 24.4 Å². The van der Waals surface area contributed by atoms with E-state index in [0.29, 0.717) is 41.7 Å². The Bertz CT molecular complexity index is 718. The van der Waals surface area contributed by atoms with Crippen LogP contribution in [0.25, 0.3) is 0 Å². The van der Waals surface area contributed by atoms with Gasteiger partial charge in [0.2, 0.25) is 5.75 Å². The number of ether oxygens (including phenoxy) is 3. The SMILES string of the molecule is CCN(CC)C(=O)c1ccc(Nc2cc(OC)c(OC)c(OC)c2)nc1. The number of carbonyl (C=O) groups excluding carboxylic acids is 1. The zero-order valence-corrected chi connectivity index (χ0v) is 15.8. The summed E-state index contributed by atoms with van der Waals surface area (Å²) in [6.45, 7) is 5.24. The van der Waals surface area contributed by atoms with Gasteiger partial charge in [0.15, 0.2) is 11.5 Å².